The van der Waals surface area contributed by atoms with E-state index < -0.39 is 23.8 Å². The number of halogens is 4. The zero-order valence-electron chi connectivity index (χ0n) is 8.87. The number of carbonyl (C=O) groups is 1. The van der Waals surface area contributed by atoms with Crippen molar-refractivity contribution in [3.8, 4) is 0 Å². The summed E-state index contributed by atoms with van der Waals surface area (Å²) in [5.41, 5.74) is 5.92. The summed E-state index contributed by atoms with van der Waals surface area (Å²) in [4.78, 5) is 11.0. The number of aliphatic carboxylic acids is 1. The third-order valence-electron chi connectivity index (χ3n) is 2.07. The van der Waals surface area contributed by atoms with Gasteiger partial charge in [-0.05, 0) is 18.2 Å². The molecule has 0 aromatic heterocycles. The molecule has 1 atom stereocenters. The molecule has 8 heteroatoms. The summed E-state index contributed by atoms with van der Waals surface area (Å²) < 4.78 is 37.9. The van der Waals surface area contributed by atoms with Gasteiger partial charge in [0.1, 0.15) is 0 Å². The number of anilines is 1. The Hall–Kier alpha value is -0.890. The molecule has 1 rings (SSSR count). The molecule has 0 aliphatic carbocycles. The first kappa shape index (κ1) is 15.2. The van der Waals surface area contributed by atoms with Crippen molar-refractivity contribution in [1.82, 2.24) is 0 Å². The summed E-state index contributed by atoms with van der Waals surface area (Å²) in [6, 6.07) is 4.72. The molecule has 0 aliphatic rings. The number of hydrogen-bond acceptors (Lipinski definition) is 3. The molecule has 1 aromatic carbocycles. The van der Waals surface area contributed by atoms with Crippen LogP contribution in [0.4, 0.5) is 18.9 Å². The Kier molecular flexibility index (Phi) is 4.92. The number of hydrogen-bond donors (Lipinski definition) is 2. The van der Waals surface area contributed by atoms with Crippen LogP contribution in [0.25, 0.3) is 0 Å². The van der Waals surface area contributed by atoms with E-state index in [4.69, 9.17) is 10.8 Å². The maximum Gasteiger partial charge on any atom is 0.403 e. The van der Waals surface area contributed by atoms with Crippen LogP contribution in [0.3, 0.4) is 0 Å². The second kappa shape index (κ2) is 5.83. The van der Waals surface area contributed by atoms with Gasteiger partial charge in [-0.15, -0.1) is 11.8 Å². The molecule has 3 nitrogen and oxygen atoms in total. The minimum absolute atomic E-state index is 0.306. The fraction of sp³-hybridized carbons (Fsp3) is 0.300. The van der Waals surface area contributed by atoms with Gasteiger partial charge in [-0.3, -0.25) is 4.79 Å². The van der Waals surface area contributed by atoms with Crippen LogP contribution < -0.4 is 5.73 Å². The molecule has 3 N–H and O–H groups in total. The summed E-state index contributed by atoms with van der Waals surface area (Å²) in [5, 5.41) is 8.53. The average molecular weight is 344 g/mol. The molecule has 0 fully saturated rings. The van der Waals surface area contributed by atoms with Gasteiger partial charge in [0, 0.05) is 20.8 Å². The van der Waals surface area contributed by atoms with E-state index in [-0.39, 0.29) is 0 Å². The van der Waals surface area contributed by atoms with Crippen molar-refractivity contribution in [2.24, 2.45) is 5.92 Å². The van der Waals surface area contributed by atoms with E-state index in [9.17, 15) is 18.0 Å². The summed E-state index contributed by atoms with van der Waals surface area (Å²) in [5.74, 6) is -4.89. The predicted octanol–water partition coefficient (Wildman–Crippen LogP) is 3.39. The van der Waals surface area contributed by atoms with Crippen molar-refractivity contribution in [2.75, 3.05) is 11.5 Å². The van der Waals surface area contributed by atoms with Crippen molar-refractivity contribution in [2.45, 2.75) is 11.1 Å². The van der Waals surface area contributed by atoms with Gasteiger partial charge in [0.05, 0.1) is 0 Å². The third kappa shape index (κ3) is 4.09. The van der Waals surface area contributed by atoms with Gasteiger partial charge in [-0.25, -0.2) is 0 Å². The smallest absolute Gasteiger partial charge is 0.403 e. The van der Waals surface area contributed by atoms with Crippen LogP contribution in [-0.2, 0) is 4.79 Å². The highest BCUT2D eigenvalue weighted by atomic mass is 79.9. The van der Waals surface area contributed by atoms with Crippen LogP contribution >= 0.6 is 27.7 Å². The Bertz CT molecular complexity index is 453. The number of nitrogen functional groups attached to an aromatic ring is 1. The highest BCUT2D eigenvalue weighted by molar-refractivity contribution is 9.10. The van der Waals surface area contributed by atoms with E-state index in [1.165, 1.54) is 0 Å². The fourth-order valence-corrected chi connectivity index (χ4v) is 2.58. The maximum atomic E-state index is 12.4. The molecule has 0 heterocycles. The molecule has 0 spiro atoms. The van der Waals surface area contributed by atoms with E-state index in [0.29, 0.717) is 15.1 Å². The number of benzene rings is 1. The van der Waals surface area contributed by atoms with Gasteiger partial charge in [0.15, 0.2) is 5.92 Å². The molecule has 1 aromatic rings. The predicted molar refractivity (Wildman–Crippen MR) is 66.5 cm³/mol. The van der Waals surface area contributed by atoms with Gasteiger partial charge in [-0.1, -0.05) is 15.9 Å². The third-order valence-corrected chi connectivity index (χ3v) is 3.75. The van der Waals surface area contributed by atoms with Crippen LogP contribution in [-0.4, -0.2) is 23.0 Å². The molecule has 18 heavy (non-hydrogen) atoms. The van der Waals surface area contributed by atoms with Crippen LogP contribution in [0.2, 0.25) is 0 Å². The standard InChI is InChI=1S/C10H9BrF3NO2S/c11-5-1-2-8(7(15)3-5)18-4-6(9(16)17)10(12,13)14/h1-3,6H,4,15H2,(H,16,17). The number of rotatable bonds is 4. The average Bonchev–Trinajstić information content (AvgIpc) is 2.18. The Labute approximate surface area is 114 Å². The minimum atomic E-state index is -4.76. The quantitative estimate of drug-likeness (QED) is 0.649. The van der Waals surface area contributed by atoms with Crippen LogP contribution in [0, 0.1) is 5.92 Å². The Morgan fingerprint density at radius 3 is 2.56 bits per heavy atom. The number of alkyl halides is 3. The molecule has 1 unspecified atom stereocenters. The molecule has 0 radical (unpaired) electrons. The van der Waals surface area contributed by atoms with Gasteiger partial charge in [0.2, 0.25) is 0 Å². The Balaban J connectivity index is 2.77. The molecule has 0 aliphatic heterocycles. The number of carboxylic acid groups (broad SMARTS) is 1. The summed E-state index contributed by atoms with van der Waals surface area (Å²) in [6.07, 6.45) is -4.76. The van der Waals surface area contributed by atoms with Gasteiger partial charge in [0.25, 0.3) is 0 Å². The van der Waals surface area contributed by atoms with E-state index in [1.807, 2.05) is 0 Å². The first-order valence-electron chi connectivity index (χ1n) is 4.69. The molecule has 100 valence electrons. The molecule has 0 amide bonds. The van der Waals surface area contributed by atoms with Crippen molar-refractivity contribution in [3.63, 3.8) is 0 Å². The summed E-state index contributed by atoms with van der Waals surface area (Å²) >= 11 is 3.94. The zero-order chi connectivity index (χ0) is 13.9. The number of thioether (sulfide) groups is 1. The highest BCUT2D eigenvalue weighted by Gasteiger charge is 2.44. The monoisotopic (exact) mass is 343 g/mol. The second-order valence-electron chi connectivity index (χ2n) is 3.43. The number of nitrogens with two attached hydrogens (primary N) is 1. The lowest BCUT2D eigenvalue weighted by Gasteiger charge is -2.16. The molecular formula is C10H9BrF3NO2S. The first-order valence-corrected chi connectivity index (χ1v) is 6.47. The normalized spacial score (nSPS) is 13.3. The first-order chi connectivity index (χ1) is 8.21. The van der Waals surface area contributed by atoms with Crippen molar-refractivity contribution in [1.29, 1.82) is 0 Å². The minimum Gasteiger partial charge on any atom is -0.481 e. The highest BCUT2D eigenvalue weighted by Crippen LogP contribution is 2.34. The summed E-state index contributed by atoms with van der Waals surface area (Å²) in [7, 11) is 0. The molecular weight excluding hydrogens is 335 g/mol. The lowest BCUT2D eigenvalue weighted by Crippen LogP contribution is -2.32. The van der Waals surface area contributed by atoms with Crippen LogP contribution in [0.1, 0.15) is 0 Å². The lowest BCUT2D eigenvalue weighted by molar-refractivity contribution is -0.188. The molecule has 0 bridgehead atoms. The fourth-order valence-electron chi connectivity index (χ4n) is 1.13. The molecule has 0 saturated carbocycles. The number of carboxylic acids is 1. The van der Waals surface area contributed by atoms with E-state index in [1.54, 1.807) is 18.2 Å². The van der Waals surface area contributed by atoms with E-state index in [0.717, 1.165) is 11.8 Å². The van der Waals surface area contributed by atoms with Crippen molar-refractivity contribution in [3.05, 3.63) is 22.7 Å². The van der Waals surface area contributed by atoms with Crippen LogP contribution in [0.15, 0.2) is 27.6 Å². The lowest BCUT2D eigenvalue weighted by atomic mass is 10.2. The SMILES string of the molecule is Nc1cc(Br)ccc1SCC(C(=O)O)C(F)(F)F. The van der Waals surface area contributed by atoms with E-state index >= 15 is 0 Å². The van der Waals surface area contributed by atoms with E-state index in [2.05, 4.69) is 15.9 Å². The Morgan fingerprint density at radius 2 is 2.11 bits per heavy atom. The molecule has 0 saturated heterocycles. The topological polar surface area (TPSA) is 63.3 Å². The van der Waals surface area contributed by atoms with Gasteiger partial charge in [-0.2, -0.15) is 13.2 Å². The second-order valence-corrected chi connectivity index (χ2v) is 5.40. The summed E-state index contributed by atoms with van der Waals surface area (Å²) in [6.45, 7) is 0. The van der Waals surface area contributed by atoms with Gasteiger partial charge < -0.3 is 10.8 Å². The van der Waals surface area contributed by atoms with Crippen molar-refractivity contribution >= 4 is 39.3 Å². The maximum absolute atomic E-state index is 12.4. The van der Waals surface area contributed by atoms with Crippen LogP contribution in [0.5, 0.6) is 0 Å². The van der Waals surface area contributed by atoms with Gasteiger partial charge >= 0.3 is 12.1 Å². The zero-order valence-corrected chi connectivity index (χ0v) is 11.3. The van der Waals surface area contributed by atoms with Crippen molar-refractivity contribution < 1.29 is 23.1 Å². The Morgan fingerprint density at radius 1 is 1.50 bits per heavy atom. The largest absolute Gasteiger partial charge is 0.481 e.